The molecule has 1 amide bonds. The van der Waals surface area contributed by atoms with Crippen LogP contribution in [0.5, 0.6) is 0 Å². The highest BCUT2D eigenvalue weighted by molar-refractivity contribution is 7.71. The molecule has 0 bridgehead atoms. The van der Waals surface area contributed by atoms with E-state index in [4.69, 9.17) is 23.8 Å². The predicted molar refractivity (Wildman–Crippen MR) is 116 cm³/mol. The van der Waals surface area contributed by atoms with Crippen LogP contribution in [0.2, 0.25) is 5.02 Å². The van der Waals surface area contributed by atoms with Crippen LogP contribution in [-0.2, 0) is 6.54 Å². The average Bonchev–Trinajstić information content (AvgIpc) is 3.19. The van der Waals surface area contributed by atoms with Crippen molar-refractivity contribution in [3.8, 4) is 5.69 Å². The number of nitrogens with one attached hydrogen (secondary N) is 2. The van der Waals surface area contributed by atoms with Crippen LogP contribution in [0.3, 0.4) is 0 Å². The SMILES string of the molecule is Cc1nn(-c2cccc(Cl)c2)c2sc(C(=O)NCc3n[nH]c(=S)n3C3CC3)cc12. The minimum absolute atomic E-state index is 0.139. The number of hydrogen-bond acceptors (Lipinski definition) is 5. The normalized spacial score (nSPS) is 13.9. The number of amides is 1. The standard InChI is InChI=1S/C19H17ClN6OS2/c1-10-14-8-15(29-18(14)26(24-10)13-4-2-3-11(20)7-13)17(27)21-9-16-22-23-19(28)25(16)12-5-6-12/h2-4,7-8,12H,5-6,9H2,1H3,(H,21,27)(H,23,28). The molecule has 0 radical (unpaired) electrons. The van der Waals surface area contributed by atoms with Gasteiger partial charge < -0.3 is 5.32 Å². The summed E-state index contributed by atoms with van der Waals surface area (Å²) in [5.41, 5.74) is 1.73. The van der Waals surface area contributed by atoms with Crippen LogP contribution in [-0.4, -0.2) is 30.5 Å². The van der Waals surface area contributed by atoms with E-state index in [0.717, 1.165) is 40.3 Å². The number of H-pyrrole nitrogens is 1. The van der Waals surface area contributed by atoms with Gasteiger partial charge in [-0.3, -0.25) is 14.5 Å². The molecule has 2 N–H and O–H groups in total. The fourth-order valence-corrected chi connectivity index (χ4v) is 4.94. The van der Waals surface area contributed by atoms with Crippen LogP contribution in [0.25, 0.3) is 15.9 Å². The molecule has 4 aromatic rings. The Morgan fingerprint density at radius 1 is 1.41 bits per heavy atom. The maximum absolute atomic E-state index is 12.8. The minimum atomic E-state index is -0.139. The van der Waals surface area contributed by atoms with E-state index < -0.39 is 0 Å². The second-order valence-electron chi connectivity index (χ2n) is 7.04. The van der Waals surface area contributed by atoms with Crippen LogP contribution < -0.4 is 5.32 Å². The van der Waals surface area contributed by atoms with Gasteiger partial charge >= 0.3 is 0 Å². The van der Waals surface area contributed by atoms with E-state index in [0.29, 0.717) is 27.3 Å². The number of thiophene rings is 1. The minimum Gasteiger partial charge on any atom is -0.344 e. The van der Waals surface area contributed by atoms with Crippen molar-refractivity contribution >= 4 is 51.3 Å². The Labute approximate surface area is 180 Å². The topological polar surface area (TPSA) is 80.5 Å². The van der Waals surface area contributed by atoms with Gasteiger partial charge in [-0.05, 0) is 56.2 Å². The Morgan fingerprint density at radius 2 is 2.24 bits per heavy atom. The van der Waals surface area contributed by atoms with Gasteiger partial charge in [0, 0.05) is 16.5 Å². The van der Waals surface area contributed by atoms with Gasteiger partial charge in [-0.1, -0.05) is 17.7 Å². The number of fused-ring (bicyclic) bond motifs is 1. The van der Waals surface area contributed by atoms with Gasteiger partial charge in [0.15, 0.2) is 10.6 Å². The van der Waals surface area contributed by atoms with Crippen LogP contribution >= 0.6 is 35.2 Å². The van der Waals surface area contributed by atoms with Gasteiger partial charge in [0.25, 0.3) is 5.91 Å². The van der Waals surface area contributed by atoms with Gasteiger partial charge in [-0.15, -0.1) is 11.3 Å². The first-order valence-electron chi connectivity index (χ1n) is 9.20. The Bertz CT molecular complexity index is 1300. The molecule has 1 saturated carbocycles. The van der Waals surface area contributed by atoms with Gasteiger partial charge in [-0.25, -0.2) is 4.68 Å². The van der Waals surface area contributed by atoms with E-state index in [1.165, 1.54) is 11.3 Å². The number of carbonyl (C=O) groups is 1. The van der Waals surface area contributed by atoms with Crippen molar-refractivity contribution in [2.45, 2.75) is 32.4 Å². The van der Waals surface area contributed by atoms with E-state index in [1.54, 1.807) is 0 Å². The molecule has 29 heavy (non-hydrogen) atoms. The summed E-state index contributed by atoms with van der Waals surface area (Å²) in [6.07, 6.45) is 2.20. The maximum atomic E-state index is 12.8. The molecule has 1 aromatic carbocycles. The first kappa shape index (κ1) is 18.5. The zero-order valence-electron chi connectivity index (χ0n) is 15.5. The lowest BCUT2D eigenvalue weighted by molar-refractivity contribution is 0.0953. The highest BCUT2D eigenvalue weighted by Gasteiger charge is 2.27. The number of halogens is 1. The van der Waals surface area contributed by atoms with Crippen molar-refractivity contribution < 1.29 is 4.79 Å². The first-order valence-corrected chi connectivity index (χ1v) is 10.8. The number of carbonyl (C=O) groups excluding carboxylic acids is 1. The van der Waals surface area contributed by atoms with Crippen molar-refractivity contribution in [2.75, 3.05) is 0 Å². The van der Waals surface area contributed by atoms with Crippen molar-refractivity contribution in [1.29, 1.82) is 0 Å². The van der Waals surface area contributed by atoms with Crippen LogP contribution in [0.4, 0.5) is 0 Å². The summed E-state index contributed by atoms with van der Waals surface area (Å²) in [5, 5.41) is 16.2. The molecule has 1 fully saturated rings. The van der Waals surface area contributed by atoms with Gasteiger partial charge in [-0.2, -0.15) is 10.2 Å². The zero-order valence-corrected chi connectivity index (χ0v) is 17.9. The Morgan fingerprint density at radius 3 is 3.00 bits per heavy atom. The molecule has 7 nitrogen and oxygen atoms in total. The van der Waals surface area contributed by atoms with E-state index in [2.05, 4.69) is 20.6 Å². The monoisotopic (exact) mass is 444 g/mol. The quantitative estimate of drug-likeness (QED) is 0.442. The summed E-state index contributed by atoms with van der Waals surface area (Å²) in [6, 6.07) is 9.79. The average molecular weight is 445 g/mol. The zero-order chi connectivity index (χ0) is 20.1. The van der Waals surface area contributed by atoms with Gasteiger partial charge in [0.1, 0.15) is 4.83 Å². The smallest absolute Gasteiger partial charge is 0.261 e. The fourth-order valence-electron chi connectivity index (χ4n) is 3.36. The highest BCUT2D eigenvalue weighted by atomic mass is 35.5. The number of benzene rings is 1. The summed E-state index contributed by atoms with van der Waals surface area (Å²) >= 11 is 12.8. The molecule has 148 valence electrons. The molecule has 0 atom stereocenters. The van der Waals surface area contributed by atoms with Crippen molar-refractivity contribution in [2.24, 2.45) is 0 Å². The highest BCUT2D eigenvalue weighted by Crippen LogP contribution is 2.36. The summed E-state index contributed by atoms with van der Waals surface area (Å²) < 4.78 is 4.44. The van der Waals surface area contributed by atoms with E-state index >= 15 is 0 Å². The number of rotatable bonds is 5. The predicted octanol–water partition coefficient (Wildman–Crippen LogP) is 4.57. The molecule has 3 aromatic heterocycles. The molecule has 0 unspecified atom stereocenters. The molecular weight excluding hydrogens is 428 g/mol. The summed E-state index contributed by atoms with van der Waals surface area (Å²) in [7, 11) is 0. The molecule has 10 heteroatoms. The van der Waals surface area contributed by atoms with Crippen LogP contribution in [0, 0.1) is 11.7 Å². The molecular formula is C19H17ClN6OS2. The lowest BCUT2D eigenvalue weighted by atomic mass is 10.3. The Balaban J connectivity index is 1.41. The number of aromatic nitrogens is 5. The lowest BCUT2D eigenvalue weighted by Gasteiger charge is -2.06. The Hall–Kier alpha value is -2.49. The molecule has 0 saturated heterocycles. The molecule has 1 aliphatic carbocycles. The third-order valence-electron chi connectivity index (χ3n) is 4.92. The van der Waals surface area contributed by atoms with E-state index in [9.17, 15) is 4.79 Å². The number of nitrogens with zero attached hydrogens (tertiary/aromatic N) is 4. The fraction of sp³-hybridized carbons (Fsp3) is 0.263. The number of aryl methyl sites for hydroxylation is 1. The summed E-state index contributed by atoms with van der Waals surface area (Å²) in [6.45, 7) is 2.27. The number of hydrogen-bond donors (Lipinski definition) is 2. The van der Waals surface area contributed by atoms with Crippen molar-refractivity contribution in [3.05, 3.63) is 56.5 Å². The molecule has 3 heterocycles. The van der Waals surface area contributed by atoms with E-state index in [1.807, 2.05) is 46.5 Å². The van der Waals surface area contributed by atoms with Crippen LogP contribution in [0.15, 0.2) is 30.3 Å². The maximum Gasteiger partial charge on any atom is 0.261 e. The number of aromatic amines is 1. The molecule has 0 spiro atoms. The van der Waals surface area contributed by atoms with E-state index in [-0.39, 0.29) is 5.91 Å². The van der Waals surface area contributed by atoms with Crippen molar-refractivity contribution in [3.63, 3.8) is 0 Å². The summed E-state index contributed by atoms with van der Waals surface area (Å²) in [4.78, 5) is 14.3. The summed E-state index contributed by atoms with van der Waals surface area (Å²) in [5.74, 6) is 0.618. The van der Waals surface area contributed by atoms with Gasteiger partial charge in [0.05, 0.1) is 22.8 Å². The largest absolute Gasteiger partial charge is 0.344 e. The third kappa shape index (κ3) is 3.39. The molecule has 5 rings (SSSR count). The molecule has 1 aliphatic rings. The third-order valence-corrected chi connectivity index (χ3v) is 6.55. The van der Waals surface area contributed by atoms with Crippen LogP contribution in [0.1, 0.15) is 40.1 Å². The Kier molecular flexibility index (Phi) is 4.53. The lowest BCUT2D eigenvalue weighted by Crippen LogP contribution is -2.24. The first-order chi connectivity index (χ1) is 14.0. The van der Waals surface area contributed by atoms with Gasteiger partial charge in [0.2, 0.25) is 0 Å². The second kappa shape index (κ2) is 7.08. The second-order valence-corrected chi connectivity index (χ2v) is 8.89. The van der Waals surface area contributed by atoms with Crippen molar-refractivity contribution in [1.82, 2.24) is 29.9 Å². The molecule has 0 aliphatic heterocycles.